The molecule has 2 amide bonds. The molecule has 0 saturated carbocycles. The Morgan fingerprint density at radius 1 is 1.12 bits per heavy atom. The highest BCUT2D eigenvalue weighted by atomic mass is 16.3. The number of pyridine rings is 1. The van der Waals surface area contributed by atoms with Crippen molar-refractivity contribution in [2.45, 2.75) is 25.4 Å². The Bertz CT molecular complexity index is 824. The van der Waals surface area contributed by atoms with Crippen LogP contribution in [0.25, 0.3) is 0 Å². The summed E-state index contributed by atoms with van der Waals surface area (Å²) in [5, 5.41) is 9.94. The third-order valence-electron chi connectivity index (χ3n) is 5.27. The fraction of sp³-hybridized carbons (Fsp3) is 0.350. The van der Waals surface area contributed by atoms with Crippen LogP contribution in [0.5, 0.6) is 5.75 Å². The third kappa shape index (κ3) is 3.03. The molecule has 3 saturated heterocycles. The minimum Gasteiger partial charge on any atom is -0.505 e. The van der Waals surface area contributed by atoms with Crippen molar-refractivity contribution < 1.29 is 14.7 Å². The van der Waals surface area contributed by atoms with Crippen molar-refractivity contribution >= 4 is 11.8 Å². The van der Waals surface area contributed by atoms with Gasteiger partial charge >= 0.3 is 0 Å². The van der Waals surface area contributed by atoms with Crippen LogP contribution in [0, 0.1) is 5.92 Å². The van der Waals surface area contributed by atoms with Crippen LogP contribution >= 0.6 is 0 Å². The number of carbonyl (C=O) groups excluding carboxylic acids is 2. The molecule has 0 aliphatic carbocycles. The summed E-state index contributed by atoms with van der Waals surface area (Å²) in [5.41, 5.74) is 1.14. The van der Waals surface area contributed by atoms with E-state index in [1.807, 2.05) is 35.2 Å². The molecule has 6 heteroatoms. The molecular weight excluding hydrogens is 330 g/mol. The number of rotatable bonds is 3. The van der Waals surface area contributed by atoms with Crippen LogP contribution < -0.4 is 0 Å². The molecule has 0 unspecified atom stereocenters. The van der Waals surface area contributed by atoms with Crippen molar-refractivity contribution in [1.29, 1.82) is 0 Å². The molecule has 2 bridgehead atoms. The Hall–Kier alpha value is -2.89. The summed E-state index contributed by atoms with van der Waals surface area (Å²) in [4.78, 5) is 33.3. The van der Waals surface area contributed by atoms with Gasteiger partial charge < -0.3 is 14.9 Å². The fourth-order valence-electron chi connectivity index (χ4n) is 3.91. The first-order chi connectivity index (χ1) is 12.6. The Morgan fingerprint density at radius 3 is 2.69 bits per heavy atom. The lowest BCUT2D eigenvalue weighted by Crippen LogP contribution is -2.47. The summed E-state index contributed by atoms with van der Waals surface area (Å²) in [7, 11) is 0. The van der Waals surface area contributed by atoms with Gasteiger partial charge in [0.1, 0.15) is 5.75 Å². The molecule has 3 aliphatic heterocycles. The number of fused-ring (bicyclic) bond motifs is 4. The van der Waals surface area contributed by atoms with E-state index in [-0.39, 0.29) is 35.2 Å². The molecule has 1 N–H and O–H groups in total. The Labute approximate surface area is 152 Å². The predicted molar refractivity (Wildman–Crippen MR) is 95.3 cm³/mol. The van der Waals surface area contributed by atoms with Gasteiger partial charge in [0.15, 0.2) is 5.69 Å². The Kier molecular flexibility index (Phi) is 4.32. The highest BCUT2D eigenvalue weighted by Crippen LogP contribution is 2.31. The quantitative estimate of drug-likeness (QED) is 0.918. The van der Waals surface area contributed by atoms with Crippen molar-refractivity contribution in [2.75, 3.05) is 13.1 Å². The lowest BCUT2D eigenvalue weighted by Gasteiger charge is -2.36. The molecule has 134 valence electrons. The first-order valence-electron chi connectivity index (χ1n) is 8.91. The lowest BCUT2D eigenvalue weighted by molar-refractivity contribution is -0.140. The van der Waals surface area contributed by atoms with E-state index in [0.717, 1.165) is 18.4 Å². The van der Waals surface area contributed by atoms with Crippen LogP contribution in [-0.4, -0.2) is 50.8 Å². The maximum Gasteiger partial charge on any atom is 0.276 e. The molecule has 4 heterocycles. The van der Waals surface area contributed by atoms with E-state index < -0.39 is 0 Å². The van der Waals surface area contributed by atoms with Crippen LogP contribution in [-0.2, 0) is 11.3 Å². The van der Waals surface area contributed by atoms with Crippen molar-refractivity contribution in [1.82, 2.24) is 14.8 Å². The number of hydrogen-bond acceptors (Lipinski definition) is 4. The van der Waals surface area contributed by atoms with Gasteiger partial charge in [-0.1, -0.05) is 30.3 Å². The first-order valence-corrected chi connectivity index (χ1v) is 8.91. The molecule has 2 aromatic rings. The largest absolute Gasteiger partial charge is 0.505 e. The molecule has 3 fully saturated rings. The average Bonchev–Trinajstić information content (AvgIpc) is 2.95. The summed E-state index contributed by atoms with van der Waals surface area (Å²) < 4.78 is 0. The van der Waals surface area contributed by atoms with Gasteiger partial charge in [-0.2, -0.15) is 0 Å². The second kappa shape index (κ2) is 6.78. The maximum absolute atomic E-state index is 12.9. The first kappa shape index (κ1) is 16.6. The summed E-state index contributed by atoms with van der Waals surface area (Å²) in [6, 6.07) is 13.0. The monoisotopic (exact) mass is 351 g/mol. The van der Waals surface area contributed by atoms with Gasteiger partial charge in [0.2, 0.25) is 5.91 Å². The SMILES string of the molecule is O=C(c1ncccc1O)N1C[C@H]2CC[C@@H](C1)N(Cc1ccccc1)C2=O. The minimum atomic E-state index is -0.311. The summed E-state index contributed by atoms with van der Waals surface area (Å²) in [6.45, 7) is 1.43. The molecule has 6 nitrogen and oxygen atoms in total. The van der Waals surface area contributed by atoms with Gasteiger partial charge in [0.25, 0.3) is 5.91 Å². The number of benzene rings is 1. The predicted octanol–water partition coefficient (Wildman–Crippen LogP) is 2.05. The number of nitrogens with zero attached hydrogens (tertiary/aromatic N) is 3. The zero-order valence-corrected chi connectivity index (χ0v) is 14.4. The Morgan fingerprint density at radius 2 is 1.92 bits per heavy atom. The number of carbonyl (C=O) groups is 2. The van der Waals surface area contributed by atoms with Gasteiger partial charge in [0, 0.05) is 31.9 Å². The number of aromatic nitrogens is 1. The van der Waals surface area contributed by atoms with Crippen molar-refractivity contribution in [3.8, 4) is 5.75 Å². The van der Waals surface area contributed by atoms with Gasteiger partial charge in [0.05, 0.1) is 5.92 Å². The fourth-order valence-corrected chi connectivity index (χ4v) is 3.91. The summed E-state index contributed by atoms with van der Waals surface area (Å²) in [5.74, 6) is -0.506. The van der Waals surface area contributed by atoms with E-state index >= 15 is 0 Å². The van der Waals surface area contributed by atoms with Crippen molar-refractivity contribution in [2.24, 2.45) is 5.92 Å². The standard InChI is InChI=1S/C20H21N3O3/c24-17-7-4-10-21-18(17)20(26)22-12-15-8-9-16(13-22)23(19(15)25)11-14-5-2-1-3-6-14/h1-7,10,15-16,24H,8-9,11-13H2/t15-,16+/m1/s1. The molecule has 0 spiro atoms. The smallest absolute Gasteiger partial charge is 0.276 e. The summed E-state index contributed by atoms with van der Waals surface area (Å²) in [6.07, 6.45) is 3.18. The van der Waals surface area contributed by atoms with E-state index in [2.05, 4.69) is 4.98 Å². The highest BCUT2D eigenvalue weighted by molar-refractivity contribution is 5.95. The zero-order chi connectivity index (χ0) is 18.1. The van der Waals surface area contributed by atoms with Crippen molar-refractivity contribution in [3.05, 3.63) is 59.9 Å². The van der Waals surface area contributed by atoms with Crippen molar-refractivity contribution in [3.63, 3.8) is 0 Å². The number of hydrogen-bond donors (Lipinski definition) is 1. The second-order valence-corrected chi connectivity index (χ2v) is 6.96. The minimum absolute atomic E-state index is 0.00346. The van der Waals surface area contributed by atoms with Gasteiger partial charge in [-0.25, -0.2) is 4.98 Å². The van der Waals surface area contributed by atoms with Crippen LogP contribution in [0.4, 0.5) is 0 Å². The van der Waals surface area contributed by atoms with E-state index in [9.17, 15) is 14.7 Å². The molecular formula is C20H21N3O3. The second-order valence-electron chi connectivity index (χ2n) is 6.96. The van der Waals surface area contributed by atoms with E-state index in [1.54, 1.807) is 11.0 Å². The topological polar surface area (TPSA) is 73.7 Å². The van der Waals surface area contributed by atoms with Crippen LogP contribution in [0.3, 0.4) is 0 Å². The maximum atomic E-state index is 12.9. The van der Waals surface area contributed by atoms with E-state index in [1.165, 1.54) is 12.3 Å². The molecule has 1 aromatic heterocycles. The number of aromatic hydroxyl groups is 1. The summed E-state index contributed by atoms with van der Waals surface area (Å²) >= 11 is 0. The Balaban J connectivity index is 1.57. The van der Waals surface area contributed by atoms with Crippen LogP contribution in [0.2, 0.25) is 0 Å². The molecule has 0 radical (unpaired) electrons. The number of amides is 2. The lowest BCUT2D eigenvalue weighted by atomic mass is 9.93. The van der Waals surface area contributed by atoms with Crippen LogP contribution in [0.1, 0.15) is 28.9 Å². The average molecular weight is 351 g/mol. The van der Waals surface area contributed by atoms with Gasteiger partial charge in [-0.05, 0) is 30.5 Å². The number of piperidine rings is 1. The van der Waals surface area contributed by atoms with Gasteiger partial charge in [-0.15, -0.1) is 0 Å². The molecule has 5 rings (SSSR count). The molecule has 3 aliphatic rings. The molecule has 1 aromatic carbocycles. The normalized spacial score (nSPS) is 22.4. The van der Waals surface area contributed by atoms with E-state index in [4.69, 9.17) is 0 Å². The molecule has 2 atom stereocenters. The third-order valence-corrected chi connectivity index (χ3v) is 5.27. The van der Waals surface area contributed by atoms with Crippen LogP contribution in [0.15, 0.2) is 48.7 Å². The van der Waals surface area contributed by atoms with Gasteiger partial charge in [-0.3, -0.25) is 9.59 Å². The zero-order valence-electron chi connectivity index (χ0n) is 14.4. The van der Waals surface area contributed by atoms with E-state index in [0.29, 0.717) is 19.6 Å². The highest BCUT2D eigenvalue weighted by Gasteiger charge is 2.42. The molecule has 26 heavy (non-hydrogen) atoms.